The molecule has 168 valence electrons. The van der Waals surface area contributed by atoms with Crippen molar-refractivity contribution in [2.45, 2.75) is 39.5 Å². The van der Waals surface area contributed by atoms with Crippen LogP contribution < -0.4 is 15.0 Å². The summed E-state index contributed by atoms with van der Waals surface area (Å²) in [5.41, 5.74) is 2.22. The molecule has 0 aliphatic carbocycles. The van der Waals surface area contributed by atoms with Gasteiger partial charge in [0.15, 0.2) is 11.5 Å². The number of unbranched alkanes of at least 4 members (excludes halogenated alkanes) is 1. The smallest absolute Gasteiger partial charge is 0.282 e. The molecule has 0 radical (unpaired) electrons. The van der Waals surface area contributed by atoms with Gasteiger partial charge < -0.3 is 9.47 Å². The molecular weight excluding hydrogens is 470 g/mol. The lowest BCUT2D eigenvalue weighted by Gasteiger charge is -2.14. The number of fused-ring (bicyclic) bond motifs is 1. The molecular formula is C25H28BrN3O3. The van der Waals surface area contributed by atoms with Crippen molar-refractivity contribution >= 4 is 33.0 Å². The van der Waals surface area contributed by atoms with E-state index in [9.17, 15) is 4.79 Å². The Labute approximate surface area is 196 Å². The number of hydrogen-bond donors (Lipinski definition) is 0. The fourth-order valence-corrected chi connectivity index (χ4v) is 3.86. The summed E-state index contributed by atoms with van der Waals surface area (Å²) in [6, 6.07) is 9.35. The van der Waals surface area contributed by atoms with E-state index < -0.39 is 0 Å². The van der Waals surface area contributed by atoms with Crippen LogP contribution >= 0.6 is 15.9 Å². The predicted molar refractivity (Wildman–Crippen MR) is 133 cm³/mol. The first-order chi connectivity index (χ1) is 15.5. The lowest BCUT2D eigenvalue weighted by Crippen LogP contribution is -2.22. The number of hydrogen-bond acceptors (Lipinski definition) is 5. The highest BCUT2D eigenvalue weighted by Crippen LogP contribution is 2.33. The van der Waals surface area contributed by atoms with Crippen LogP contribution in [0.5, 0.6) is 11.5 Å². The lowest BCUT2D eigenvalue weighted by molar-refractivity contribution is 0.309. The van der Waals surface area contributed by atoms with Gasteiger partial charge in [-0.25, -0.2) is 4.98 Å². The maximum Gasteiger partial charge on any atom is 0.282 e. The van der Waals surface area contributed by atoms with Crippen LogP contribution in [0.2, 0.25) is 0 Å². The average molecular weight is 498 g/mol. The van der Waals surface area contributed by atoms with E-state index in [1.807, 2.05) is 37.3 Å². The van der Waals surface area contributed by atoms with Crippen molar-refractivity contribution in [3.63, 3.8) is 0 Å². The third-order valence-corrected chi connectivity index (χ3v) is 5.47. The summed E-state index contributed by atoms with van der Waals surface area (Å²) in [4.78, 5) is 18.0. The fraction of sp³-hybridized carbons (Fsp3) is 0.320. The average Bonchev–Trinajstić information content (AvgIpc) is 2.78. The van der Waals surface area contributed by atoms with Crippen molar-refractivity contribution in [1.82, 2.24) is 9.66 Å². The Bertz CT molecular complexity index is 1200. The number of allylic oxidation sites excluding steroid dienone is 1. The van der Waals surface area contributed by atoms with Gasteiger partial charge in [-0.2, -0.15) is 9.78 Å². The van der Waals surface area contributed by atoms with Gasteiger partial charge in [0.25, 0.3) is 5.56 Å². The van der Waals surface area contributed by atoms with Crippen molar-refractivity contribution in [2.75, 3.05) is 13.7 Å². The second-order valence-electron chi connectivity index (χ2n) is 7.29. The number of rotatable bonds is 10. The molecule has 0 amide bonds. The minimum absolute atomic E-state index is 0.191. The number of ether oxygens (including phenoxy) is 2. The van der Waals surface area contributed by atoms with Gasteiger partial charge in [-0.05, 0) is 55.7 Å². The quantitative estimate of drug-likeness (QED) is 0.273. The topological polar surface area (TPSA) is 65.7 Å². The minimum atomic E-state index is -0.191. The highest BCUT2D eigenvalue weighted by Gasteiger charge is 2.13. The van der Waals surface area contributed by atoms with E-state index in [4.69, 9.17) is 14.5 Å². The van der Waals surface area contributed by atoms with Crippen molar-refractivity contribution in [2.24, 2.45) is 5.10 Å². The Kier molecular flexibility index (Phi) is 8.22. The third kappa shape index (κ3) is 5.27. The van der Waals surface area contributed by atoms with Crippen LogP contribution in [0.4, 0.5) is 0 Å². The Morgan fingerprint density at radius 1 is 1.25 bits per heavy atom. The summed E-state index contributed by atoms with van der Waals surface area (Å²) in [6.45, 7) is 8.37. The highest BCUT2D eigenvalue weighted by molar-refractivity contribution is 9.10. The molecule has 32 heavy (non-hydrogen) atoms. The summed E-state index contributed by atoms with van der Waals surface area (Å²) < 4.78 is 13.6. The molecule has 3 aromatic rings. The van der Waals surface area contributed by atoms with Crippen molar-refractivity contribution in [3.8, 4) is 11.5 Å². The number of benzene rings is 2. The van der Waals surface area contributed by atoms with Crippen molar-refractivity contribution in [3.05, 3.63) is 74.8 Å². The standard InChI is InChI=1S/C25H28BrN3O3/c1-5-8-10-23-28-21-12-11-19(26)15-20(21)25(30)29(23)27-16-17-13-18(9-6-2)24(31-4)22(14-17)32-7-3/h6,11-16H,2,5,7-10H2,1,3-4H3. The first-order valence-corrected chi connectivity index (χ1v) is 11.5. The molecule has 0 unspecified atom stereocenters. The monoisotopic (exact) mass is 497 g/mol. The maximum atomic E-state index is 13.3. The molecule has 3 rings (SSSR count). The summed E-state index contributed by atoms with van der Waals surface area (Å²) in [6.07, 6.45) is 6.69. The van der Waals surface area contributed by atoms with Gasteiger partial charge in [0.2, 0.25) is 0 Å². The molecule has 0 aliphatic rings. The molecule has 6 nitrogen and oxygen atoms in total. The number of methoxy groups -OCH3 is 1. The molecule has 0 fully saturated rings. The van der Waals surface area contributed by atoms with Gasteiger partial charge in [0.1, 0.15) is 5.82 Å². The Balaban J connectivity index is 2.13. The van der Waals surface area contributed by atoms with Crippen LogP contribution in [0.15, 0.2) is 57.4 Å². The van der Waals surface area contributed by atoms with Crippen LogP contribution in [-0.4, -0.2) is 29.6 Å². The zero-order valence-corrected chi connectivity index (χ0v) is 20.3. The number of aryl methyl sites for hydroxylation is 1. The van der Waals surface area contributed by atoms with Crippen LogP contribution in [0.3, 0.4) is 0 Å². The third-order valence-electron chi connectivity index (χ3n) is 4.97. The van der Waals surface area contributed by atoms with E-state index >= 15 is 0 Å². The normalized spacial score (nSPS) is 11.2. The summed E-state index contributed by atoms with van der Waals surface area (Å²) in [5, 5.41) is 5.07. The van der Waals surface area contributed by atoms with E-state index in [0.717, 1.165) is 28.4 Å². The minimum Gasteiger partial charge on any atom is -0.493 e. The van der Waals surface area contributed by atoms with E-state index in [0.29, 0.717) is 47.7 Å². The molecule has 0 saturated carbocycles. The van der Waals surface area contributed by atoms with E-state index in [1.165, 1.54) is 4.68 Å². The Morgan fingerprint density at radius 2 is 2.06 bits per heavy atom. The molecule has 0 atom stereocenters. The SMILES string of the molecule is C=CCc1cc(C=Nn2c(CCCC)nc3ccc(Br)cc3c2=O)cc(OCC)c1OC. The highest BCUT2D eigenvalue weighted by atomic mass is 79.9. The zero-order valence-electron chi connectivity index (χ0n) is 18.7. The molecule has 0 bridgehead atoms. The van der Waals surface area contributed by atoms with Gasteiger partial charge in [-0.15, -0.1) is 6.58 Å². The van der Waals surface area contributed by atoms with E-state index in [-0.39, 0.29) is 5.56 Å². The summed E-state index contributed by atoms with van der Waals surface area (Å²) in [5.74, 6) is 1.96. The number of aromatic nitrogens is 2. The van der Waals surface area contributed by atoms with Crippen molar-refractivity contribution in [1.29, 1.82) is 0 Å². The molecule has 0 saturated heterocycles. The molecule has 0 N–H and O–H groups in total. The van der Waals surface area contributed by atoms with Gasteiger partial charge in [-0.1, -0.05) is 35.4 Å². The Morgan fingerprint density at radius 3 is 2.75 bits per heavy atom. The first-order valence-electron chi connectivity index (χ1n) is 10.7. The molecule has 0 spiro atoms. The summed E-state index contributed by atoms with van der Waals surface area (Å²) in [7, 11) is 1.62. The van der Waals surface area contributed by atoms with E-state index in [2.05, 4.69) is 34.5 Å². The second-order valence-corrected chi connectivity index (χ2v) is 8.21. The summed E-state index contributed by atoms with van der Waals surface area (Å²) >= 11 is 3.44. The van der Waals surface area contributed by atoms with Gasteiger partial charge in [0.05, 0.1) is 30.8 Å². The van der Waals surface area contributed by atoms with Crippen LogP contribution in [-0.2, 0) is 12.8 Å². The van der Waals surface area contributed by atoms with Crippen LogP contribution in [0.25, 0.3) is 10.9 Å². The van der Waals surface area contributed by atoms with Crippen LogP contribution in [0, 0.1) is 0 Å². The molecule has 2 aromatic carbocycles. The lowest BCUT2D eigenvalue weighted by atomic mass is 10.1. The second kappa shape index (κ2) is 11.1. The van der Waals surface area contributed by atoms with Crippen LogP contribution in [0.1, 0.15) is 43.6 Å². The zero-order chi connectivity index (χ0) is 23.1. The maximum absolute atomic E-state index is 13.3. The Hall–Kier alpha value is -2.93. The number of nitrogens with zero attached hydrogens (tertiary/aromatic N) is 3. The fourth-order valence-electron chi connectivity index (χ4n) is 3.49. The number of halogens is 1. The van der Waals surface area contributed by atoms with E-state index in [1.54, 1.807) is 19.4 Å². The van der Waals surface area contributed by atoms with Gasteiger partial charge in [0, 0.05) is 16.5 Å². The largest absolute Gasteiger partial charge is 0.493 e. The van der Waals surface area contributed by atoms with Gasteiger partial charge in [-0.3, -0.25) is 4.79 Å². The molecule has 0 aliphatic heterocycles. The van der Waals surface area contributed by atoms with Crippen molar-refractivity contribution < 1.29 is 9.47 Å². The molecule has 7 heteroatoms. The van der Waals surface area contributed by atoms with Gasteiger partial charge >= 0.3 is 0 Å². The predicted octanol–water partition coefficient (Wildman–Crippen LogP) is 5.52. The first kappa shape index (κ1) is 23.7. The molecule has 1 aromatic heterocycles. The molecule has 1 heterocycles.